The van der Waals surface area contributed by atoms with Gasteiger partial charge in [0.05, 0.1) is 15.1 Å². The number of ether oxygens (including phenoxy) is 2. The lowest BCUT2D eigenvalue weighted by atomic mass is 10.1. The highest BCUT2D eigenvalue weighted by Gasteiger charge is 2.27. The maximum absolute atomic E-state index is 12.5. The highest BCUT2D eigenvalue weighted by atomic mass is 127. The lowest BCUT2D eigenvalue weighted by Crippen LogP contribution is -2.30. The molecule has 1 aliphatic rings. The Bertz CT molecular complexity index is 994. The second-order valence-corrected chi connectivity index (χ2v) is 8.93. The average Bonchev–Trinajstić information content (AvgIpc) is 3.06. The third-order valence-electron chi connectivity index (χ3n) is 4.36. The summed E-state index contributed by atoms with van der Waals surface area (Å²) in [6.45, 7) is 3.89. The number of nitrogens with one attached hydrogen (secondary N) is 2. The van der Waals surface area contributed by atoms with Crippen LogP contribution in [0.3, 0.4) is 0 Å². The Morgan fingerprint density at radius 1 is 1.26 bits per heavy atom. The molecule has 31 heavy (non-hydrogen) atoms. The van der Waals surface area contributed by atoms with Crippen molar-refractivity contribution in [3.05, 3.63) is 56.0 Å². The van der Waals surface area contributed by atoms with Gasteiger partial charge in [0, 0.05) is 5.69 Å². The molecule has 3 N–H and O–H groups in total. The Kier molecular flexibility index (Phi) is 8.08. The average molecular weight is 554 g/mol. The van der Waals surface area contributed by atoms with Crippen molar-refractivity contribution in [3.8, 4) is 11.5 Å². The molecule has 2 aromatic carbocycles. The van der Waals surface area contributed by atoms with Gasteiger partial charge in [-0.15, -0.1) is 0 Å². The molecule has 0 spiro atoms. The molecule has 1 saturated heterocycles. The van der Waals surface area contributed by atoms with Gasteiger partial charge < -0.3 is 25.2 Å². The fourth-order valence-corrected chi connectivity index (χ4v) is 4.68. The van der Waals surface area contributed by atoms with Crippen LogP contribution in [0.4, 0.5) is 5.69 Å². The predicted molar refractivity (Wildman–Crippen MR) is 130 cm³/mol. The van der Waals surface area contributed by atoms with Gasteiger partial charge in [0.15, 0.2) is 23.6 Å². The molecule has 2 aromatic rings. The summed E-state index contributed by atoms with van der Waals surface area (Å²) >= 11 is 3.47. The Balaban J connectivity index is 1.76. The normalized spacial score (nSPS) is 16.8. The third-order valence-corrected chi connectivity index (χ3v) is 6.19. The van der Waals surface area contributed by atoms with Gasteiger partial charge in [-0.25, -0.2) is 4.79 Å². The van der Waals surface area contributed by atoms with E-state index < -0.39 is 12.6 Å². The summed E-state index contributed by atoms with van der Waals surface area (Å²) in [7, 11) is 0. The fourth-order valence-electron chi connectivity index (χ4n) is 2.91. The van der Waals surface area contributed by atoms with Crippen LogP contribution in [0.2, 0.25) is 0 Å². The van der Waals surface area contributed by atoms with Gasteiger partial charge in [0.2, 0.25) is 0 Å². The van der Waals surface area contributed by atoms with Crippen LogP contribution in [0.1, 0.15) is 25.0 Å². The lowest BCUT2D eigenvalue weighted by molar-refractivity contribution is -0.139. The molecule has 0 aliphatic carbocycles. The van der Waals surface area contributed by atoms with Crippen LogP contribution in [0, 0.1) is 3.57 Å². The number of benzene rings is 2. The minimum atomic E-state index is -1.06. The number of anilines is 1. The Labute approximate surface area is 198 Å². The molecule has 0 bridgehead atoms. The predicted octanol–water partition coefficient (Wildman–Crippen LogP) is 4.32. The summed E-state index contributed by atoms with van der Waals surface area (Å²) in [5.74, 6) is -0.402. The van der Waals surface area contributed by atoms with E-state index in [-0.39, 0.29) is 11.4 Å². The fraction of sp³-hybridized carbons (Fsp3) is 0.273. The highest BCUT2D eigenvalue weighted by molar-refractivity contribution is 14.1. The van der Waals surface area contributed by atoms with E-state index in [4.69, 9.17) is 14.6 Å². The van der Waals surface area contributed by atoms with Gasteiger partial charge >= 0.3 is 5.97 Å². The van der Waals surface area contributed by atoms with Crippen molar-refractivity contribution in [2.75, 3.05) is 18.5 Å². The summed E-state index contributed by atoms with van der Waals surface area (Å²) < 4.78 is 11.7. The minimum Gasteiger partial charge on any atom is -0.490 e. The molecule has 0 aromatic heterocycles. The number of rotatable bonds is 9. The van der Waals surface area contributed by atoms with Crippen molar-refractivity contribution >= 4 is 58.0 Å². The summed E-state index contributed by atoms with van der Waals surface area (Å²) in [6.07, 6.45) is 2.76. The number of aryl methyl sites for hydroxylation is 1. The Hall–Kier alpha value is -2.40. The second-order valence-electron chi connectivity index (χ2n) is 6.62. The molecule has 0 saturated carbocycles. The molecule has 9 heteroatoms. The van der Waals surface area contributed by atoms with E-state index in [2.05, 4.69) is 52.3 Å². The van der Waals surface area contributed by atoms with Gasteiger partial charge in [0.25, 0.3) is 5.91 Å². The lowest BCUT2D eigenvalue weighted by Gasteiger charge is -2.14. The van der Waals surface area contributed by atoms with Crippen molar-refractivity contribution < 1.29 is 24.2 Å². The molecular weight excluding hydrogens is 531 g/mol. The maximum Gasteiger partial charge on any atom is 0.341 e. The third kappa shape index (κ3) is 6.30. The highest BCUT2D eigenvalue weighted by Crippen LogP contribution is 2.37. The number of hydrogen-bond acceptors (Lipinski definition) is 6. The number of halogens is 1. The van der Waals surface area contributed by atoms with E-state index in [0.717, 1.165) is 17.7 Å². The Morgan fingerprint density at radius 2 is 2.00 bits per heavy atom. The van der Waals surface area contributed by atoms with E-state index in [1.807, 2.05) is 25.1 Å². The number of thioether (sulfide) groups is 1. The smallest absolute Gasteiger partial charge is 0.341 e. The number of carboxylic acids is 1. The number of carbonyl (C=O) groups excluding carboxylic acids is 1. The van der Waals surface area contributed by atoms with Gasteiger partial charge in [-0.2, -0.15) is 0 Å². The second kappa shape index (κ2) is 10.8. The zero-order chi connectivity index (χ0) is 22.4. The van der Waals surface area contributed by atoms with Crippen LogP contribution in [-0.4, -0.2) is 35.7 Å². The van der Waals surface area contributed by atoms with Crippen molar-refractivity contribution in [1.82, 2.24) is 5.32 Å². The van der Waals surface area contributed by atoms with E-state index >= 15 is 0 Å². The first-order valence-corrected chi connectivity index (χ1v) is 11.7. The molecule has 3 rings (SSSR count). The van der Waals surface area contributed by atoms with Crippen molar-refractivity contribution in [2.24, 2.45) is 0 Å². The SMILES string of the molecule is CCOc1cc(/C=C2\S[C@H](Nc3ccc(CC)cc3)NC2=O)cc(I)c1OCC(=O)O. The summed E-state index contributed by atoms with van der Waals surface area (Å²) in [6, 6.07) is 11.7. The zero-order valence-corrected chi connectivity index (χ0v) is 20.1. The summed E-state index contributed by atoms with van der Waals surface area (Å²) in [4.78, 5) is 23.9. The molecule has 1 atom stereocenters. The van der Waals surface area contributed by atoms with Crippen LogP contribution >= 0.6 is 34.4 Å². The number of hydrogen-bond donors (Lipinski definition) is 3. The first kappa shape index (κ1) is 23.3. The van der Waals surface area contributed by atoms with E-state index in [0.29, 0.717) is 26.6 Å². The van der Waals surface area contributed by atoms with Crippen LogP contribution < -0.4 is 20.1 Å². The first-order valence-electron chi connectivity index (χ1n) is 9.75. The molecular formula is C22H23IN2O5S. The maximum atomic E-state index is 12.5. The van der Waals surface area contributed by atoms with E-state index in [1.165, 1.54) is 17.3 Å². The first-order chi connectivity index (χ1) is 14.9. The largest absolute Gasteiger partial charge is 0.490 e. The van der Waals surface area contributed by atoms with Crippen LogP contribution in [0.25, 0.3) is 6.08 Å². The molecule has 1 amide bonds. The monoisotopic (exact) mass is 554 g/mol. The molecule has 1 aliphatic heterocycles. The van der Waals surface area contributed by atoms with Crippen molar-refractivity contribution in [3.63, 3.8) is 0 Å². The van der Waals surface area contributed by atoms with Crippen LogP contribution in [-0.2, 0) is 16.0 Å². The van der Waals surface area contributed by atoms with Gasteiger partial charge in [-0.1, -0.05) is 30.8 Å². The number of carboxylic acid groups (broad SMARTS) is 1. The van der Waals surface area contributed by atoms with Crippen molar-refractivity contribution in [1.29, 1.82) is 0 Å². The summed E-state index contributed by atoms with van der Waals surface area (Å²) in [5, 5.41) is 15.1. The van der Waals surface area contributed by atoms with E-state index in [1.54, 1.807) is 12.1 Å². The number of amides is 1. The molecule has 0 unspecified atom stereocenters. The minimum absolute atomic E-state index is 0.160. The molecule has 1 fully saturated rings. The van der Waals surface area contributed by atoms with Gasteiger partial charge in [-0.3, -0.25) is 4.79 Å². The molecule has 0 radical (unpaired) electrons. The quantitative estimate of drug-likeness (QED) is 0.314. The Morgan fingerprint density at radius 3 is 2.65 bits per heavy atom. The number of carbonyl (C=O) groups is 2. The molecule has 1 heterocycles. The number of aliphatic carboxylic acids is 1. The zero-order valence-electron chi connectivity index (χ0n) is 17.1. The topological polar surface area (TPSA) is 96.9 Å². The van der Waals surface area contributed by atoms with Crippen LogP contribution in [0.15, 0.2) is 41.3 Å². The van der Waals surface area contributed by atoms with Gasteiger partial charge in [-0.05, 0) is 77.4 Å². The van der Waals surface area contributed by atoms with E-state index in [9.17, 15) is 9.59 Å². The molecule has 7 nitrogen and oxygen atoms in total. The molecule has 164 valence electrons. The van der Waals surface area contributed by atoms with Gasteiger partial charge in [0.1, 0.15) is 0 Å². The summed E-state index contributed by atoms with van der Waals surface area (Å²) in [5.41, 5.74) is 2.69. The van der Waals surface area contributed by atoms with Crippen molar-refractivity contribution in [2.45, 2.75) is 25.8 Å². The standard InChI is InChI=1S/C22H23IN2O5S/c1-3-13-5-7-15(8-6-13)24-22-25-21(28)18(31-22)11-14-9-16(23)20(30-12-19(26)27)17(10-14)29-4-2/h5-11,22,24H,3-4,12H2,1-2H3,(H,25,28)(H,26,27)/b18-11-/t22-/m1/s1. The van der Waals surface area contributed by atoms with Crippen LogP contribution in [0.5, 0.6) is 11.5 Å².